The van der Waals surface area contributed by atoms with Crippen molar-refractivity contribution >= 4 is 0 Å². The molecule has 0 aliphatic heterocycles. The molecule has 0 fully saturated rings. The van der Waals surface area contributed by atoms with Crippen LogP contribution in [-0.2, 0) is 0 Å². The van der Waals surface area contributed by atoms with E-state index in [-0.39, 0.29) is 0 Å². The Kier molecular flexibility index (Phi) is 1.24. The minimum absolute atomic E-state index is 0.963. The fourth-order valence-corrected chi connectivity index (χ4v) is 0.617. The van der Waals surface area contributed by atoms with Gasteiger partial charge in [-0.15, -0.1) is 0 Å². The van der Waals surface area contributed by atoms with E-state index in [1.54, 1.807) is 0 Å². The molecule has 1 aromatic rings. The highest BCUT2D eigenvalue weighted by molar-refractivity contribution is 4.92. The number of hydrogen-bond acceptors (Lipinski definition) is 1. The maximum absolute atomic E-state index is 4.12. The summed E-state index contributed by atoms with van der Waals surface area (Å²) in [6, 6.07) is 1.94. The van der Waals surface area contributed by atoms with E-state index in [2.05, 4.69) is 9.97 Å². The van der Waals surface area contributed by atoms with Gasteiger partial charge in [0.1, 0.15) is 0 Å². The third-order valence-electron chi connectivity index (χ3n) is 0.961. The Balaban J connectivity index is 3.08. The van der Waals surface area contributed by atoms with Gasteiger partial charge in [-0.3, -0.25) is 0 Å². The van der Waals surface area contributed by atoms with Crippen LogP contribution in [0.2, 0.25) is 0 Å². The van der Waals surface area contributed by atoms with Gasteiger partial charge >= 0.3 is 0 Å². The van der Waals surface area contributed by atoms with Crippen LogP contribution in [0.4, 0.5) is 0 Å². The Morgan fingerprint density at radius 2 is 2.25 bits per heavy atom. The lowest BCUT2D eigenvalue weighted by Crippen LogP contribution is -2.08. The van der Waals surface area contributed by atoms with Crippen LogP contribution >= 0.6 is 0 Å². The number of aryl methyl sites for hydroxylation is 2. The zero-order valence-corrected chi connectivity index (χ0v) is 5.10. The van der Waals surface area contributed by atoms with Gasteiger partial charge in [0, 0.05) is 19.9 Å². The average molecular weight is 109 g/mol. The molecule has 0 aliphatic rings. The highest BCUT2D eigenvalue weighted by Gasteiger charge is 1.93. The fraction of sp³-hybridized carbons (Fsp3) is 0.333. The lowest BCUT2D eigenvalue weighted by Gasteiger charge is -1.79. The van der Waals surface area contributed by atoms with Crippen molar-refractivity contribution in [1.29, 1.82) is 0 Å². The molecular formula is C6H9N2+. The van der Waals surface area contributed by atoms with Gasteiger partial charge in [0.05, 0.1) is 6.20 Å². The van der Waals surface area contributed by atoms with Crippen LogP contribution in [0.3, 0.4) is 0 Å². The Bertz CT molecular complexity index is 166. The summed E-state index contributed by atoms with van der Waals surface area (Å²) >= 11 is 0. The molecule has 2 nitrogen and oxygen atoms in total. The summed E-state index contributed by atoms with van der Waals surface area (Å²) in [4.78, 5) is 7.08. The van der Waals surface area contributed by atoms with Crippen molar-refractivity contribution in [2.45, 2.75) is 13.8 Å². The second kappa shape index (κ2) is 1.90. The van der Waals surface area contributed by atoms with E-state index in [0.717, 1.165) is 11.5 Å². The minimum atomic E-state index is 0.963. The van der Waals surface area contributed by atoms with Crippen LogP contribution in [0.1, 0.15) is 11.5 Å². The molecule has 1 heterocycles. The SMILES string of the molecule is Cc1cc[nH+]c(C)n1. The third kappa shape index (κ3) is 1.03. The van der Waals surface area contributed by atoms with Crippen LogP contribution in [0.25, 0.3) is 0 Å². The first kappa shape index (κ1) is 5.22. The summed E-state index contributed by atoms with van der Waals surface area (Å²) < 4.78 is 0. The largest absolute Gasteiger partial charge is 0.293 e. The molecule has 0 bridgehead atoms. The first-order valence-electron chi connectivity index (χ1n) is 2.61. The van der Waals surface area contributed by atoms with Crippen molar-refractivity contribution in [3.63, 3.8) is 0 Å². The normalized spacial score (nSPS) is 9.25. The Hall–Kier alpha value is -0.920. The molecule has 42 valence electrons. The lowest BCUT2D eigenvalue weighted by atomic mass is 10.4. The summed E-state index contributed by atoms with van der Waals surface area (Å²) in [5, 5.41) is 0. The van der Waals surface area contributed by atoms with Crippen LogP contribution in [0.5, 0.6) is 0 Å². The fourth-order valence-electron chi connectivity index (χ4n) is 0.617. The third-order valence-corrected chi connectivity index (χ3v) is 0.961. The molecular weight excluding hydrogens is 100 g/mol. The van der Waals surface area contributed by atoms with Gasteiger partial charge in [-0.1, -0.05) is 4.98 Å². The lowest BCUT2D eigenvalue weighted by molar-refractivity contribution is -0.392. The Morgan fingerprint density at radius 1 is 1.50 bits per heavy atom. The van der Waals surface area contributed by atoms with Crippen molar-refractivity contribution in [2.24, 2.45) is 0 Å². The Labute approximate surface area is 48.6 Å². The van der Waals surface area contributed by atoms with Crippen LogP contribution < -0.4 is 4.98 Å². The highest BCUT2D eigenvalue weighted by atomic mass is 14.9. The highest BCUT2D eigenvalue weighted by Crippen LogP contribution is 1.84. The summed E-state index contributed by atoms with van der Waals surface area (Å²) in [7, 11) is 0. The molecule has 1 rings (SSSR count). The maximum Gasteiger partial charge on any atom is 0.293 e. The average Bonchev–Trinajstić information content (AvgIpc) is 1.64. The summed E-state index contributed by atoms with van der Waals surface area (Å²) in [6.45, 7) is 3.91. The number of rotatable bonds is 0. The molecule has 0 radical (unpaired) electrons. The van der Waals surface area contributed by atoms with E-state index in [9.17, 15) is 0 Å². The quantitative estimate of drug-likeness (QED) is 0.477. The number of hydrogen-bond donors (Lipinski definition) is 0. The molecule has 0 spiro atoms. The monoisotopic (exact) mass is 109 g/mol. The molecule has 0 unspecified atom stereocenters. The predicted molar refractivity (Wildman–Crippen MR) is 30.3 cm³/mol. The summed E-state index contributed by atoms with van der Waals surface area (Å²) in [6.07, 6.45) is 1.89. The number of aromatic nitrogens is 2. The van der Waals surface area contributed by atoms with Crippen molar-refractivity contribution in [2.75, 3.05) is 0 Å². The van der Waals surface area contributed by atoms with E-state index in [4.69, 9.17) is 0 Å². The van der Waals surface area contributed by atoms with Gasteiger partial charge in [-0.05, 0) is 0 Å². The smallest absolute Gasteiger partial charge is 0.248 e. The molecule has 1 aromatic heterocycles. The standard InChI is InChI=1S/C6H8N2/c1-5-3-4-7-6(2)8-5/h3-4H,1-2H3/p+1. The second-order valence-corrected chi connectivity index (χ2v) is 1.82. The van der Waals surface area contributed by atoms with E-state index in [0.29, 0.717) is 0 Å². The van der Waals surface area contributed by atoms with Gasteiger partial charge in [-0.25, -0.2) is 4.98 Å². The van der Waals surface area contributed by atoms with E-state index in [1.165, 1.54) is 0 Å². The van der Waals surface area contributed by atoms with Crippen molar-refractivity contribution < 1.29 is 4.98 Å². The van der Waals surface area contributed by atoms with Crippen molar-refractivity contribution in [3.05, 3.63) is 23.8 Å². The van der Waals surface area contributed by atoms with Gasteiger partial charge in [0.25, 0.3) is 5.82 Å². The first-order valence-corrected chi connectivity index (χ1v) is 2.61. The van der Waals surface area contributed by atoms with E-state index >= 15 is 0 Å². The van der Waals surface area contributed by atoms with Crippen LogP contribution in [0, 0.1) is 13.8 Å². The van der Waals surface area contributed by atoms with Gasteiger partial charge in [0.15, 0.2) is 5.69 Å². The topological polar surface area (TPSA) is 27.0 Å². The number of nitrogens with zero attached hydrogens (tertiary/aromatic N) is 1. The zero-order chi connectivity index (χ0) is 5.98. The van der Waals surface area contributed by atoms with Crippen LogP contribution in [-0.4, -0.2) is 4.98 Å². The second-order valence-electron chi connectivity index (χ2n) is 1.82. The van der Waals surface area contributed by atoms with E-state index in [1.807, 2.05) is 26.1 Å². The first-order chi connectivity index (χ1) is 3.79. The molecule has 0 amide bonds. The van der Waals surface area contributed by atoms with Gasteiger partial charge in [-0.2, -0.15) is 0 Å². The van der Waals surface area contributed by atoms with E-state index < -0.39 is 0 Å². The Morgan fingerprint density at radius 3 is 2.62 bits per heavy atom. The minimum Gasteiger partial charge on any atom is -0.248 e. The number of nitrogens with one attached hydrogen (secondary N) is 1. The van der Waals surface area contributed by atoms with Crippen molar-refractivity contribution in [3.8, 4) is 0 Å². The number of aromatic amines is 1. The molecule has 2 heteroatoms. The summed E-state index contributed by atoms with van der Waals surface area (Å²) in [5.74, 6) is 0.963. The van der Waals surface area contributed by atoms with Gasteiger partial charge < -0.3 is 0 Å². The maximum atomic E-state index is 4.12. The van der Waals surface area contributed by atoms with Gasteiger partial charge in [0.2, 0.25) is 0 Å². The summed E-state index contributed by atoms with van der Waals surface area (Å²) in [5.41, 5.74) is 1.06. The molecule has 0 aliphatic carbocycles. The zero-order valence-electron chi connectivity index (χ0n) is 5.10. The molecule has 8 heavy (non-hydrogen) atoms. The number of H-pyrrole nitrogens is 1. The van der Waals surface area contributed by atoms with Crippen LogP contribution in [0.15, 0.2) is 12.3 Å². The molecule has 1 N–H and O–H groups in total. The molecule has 0 saturated heterocycles. The predicted octanol–water partition coefficient (Wildman–Crippen LogP) is 0.513. The molecule has 0 aromatic carbocycles. The molecule has 0 atom stereocenters. The van der Waals surface area contributed by atoms with Crippen molar-refractivity contribution in [1.82, 2.24) is 4.98 Å². The molecule has 0 saturated carbocycles.